The van der Waals surface area contributed by atoms with Gasteiger partial charge < -0.3 is 4.52 Å². The van der Waals surface area contributed by atoms with Gasteiger partial charge in [-0.2, -0.15) is 4.31 Å². The molecule has 0 saturated heterocycles. The van der Waals surface area contributed by atoms with Crippen molar-refractivity contribution in [2.45, 2.75) is 50.8 Å². The fourth-order valence-electron chi connectivity index (χ4n) is 3.28. The van der Waals surface area contributed by atoms with Crippen molar-refractivity contribution in [3.05, 3.63) is 41.1 Å². The van der Waals surface area contributed by atoms with Gasteiger partial charge in [-0.3, -0.25) is 10.1 Å². The molecule has 0 saturated carbocycles. The standard InChI is InChI=1S/C19H25N3O4S/c1-3-12-22(13-4-2)27(24,25)15-10-8-14(9-11-15)18(23)20-19-16-6-5-7-17(16)21-26-19/h8-11H,3-7,12-13H2,1-2H3,(H,20,23). The van der Waals surface area contributed by atoms with Gasteiger partial charge in [-0.1, -0.05) is 19.0 Å². The number of nitrogens with zero attached hydrogens (tertiary/aromatic N) is 2. The third-order valence-corrected chi connectivity index (χ3v) is 6.55. The molecule has 1 aliphatic carbocycles. The summed E-state index contributed by atoms with van der Waals surface area (Å²) in [5, 5.41) is 6.70. The Morgan fingerprint density at radius 3 is 2.44 bits per heavy atom. The average molecular weight is 391 g/mol. The van der Waals surface area contributed by atoms with Crippen LogP contribution >= 0.6 is 0 Å². The van der Waals surface area contributed by atoms with Crippen molar-refractivity contribution in [2.24, 2.45) is 0 Å². The molecule has 0 atom stereocenters. The van der Waals surface area contributed by atoms with Crippen LogP contribution in [0, 0.1) is 0 Å². The van der Waals surface area contributed by atoms with E-state index in [0.29, 0.717) is 24.5 Å². The maximum absolute atomic E-state index is 12.8. The van der Waals surface area contributed by atoms with Crippen LogP contribution in [0.4, 0.5) is 5.88 Å². The number of aromatic nitrogens is 1. The lowest BCUT2D eigenvalue weighted by molar-refractivity contribution is 0.102. The largest absolute Gasteiger partial charge is 0.338 e. The van der Waals surface area contributed by atoms with Crippen molar-refractivity contribution in [1.82, 2.24) is 9.46 Å². The quantitative estimate of drug-likeness (QED) is 0.746. The highest BCUT2D eigenvalue weighted by Crippen LogP contribution is 2.28. The predicted molar refractivity (Wildman–Crippen MR) is 102 cm³/mol. The van der Waals surface area contributed by atoms with Gasteiger partial charge in [0.15, 0.2) is 0 Å². The number of aryl methyl sites for hydroxylation is 1. The average Bonchev–Trinajstić information content (AvgIpc) is 3.27. The topological polar surface area (TPSA) is 92.5 Å². The van der Waals surface area contributed by atoms with Gasteiger partial charge in [-0.15, -0.1) is 0 Å². The number of amides is 1. The molecular weight excluding hydrogens is 366 g/mol. The molecule has 3 rings (SSSR count). The Kier molecular flexibility index (Phi) is 5.96. The van der Waals surface area contributed by atoms with E-state index in [9.17, 15) is 13.2 Å². The summed E-state index contributed by atoms with van der Waals surface area (Å²) in [6, 6.07) is 6.00. The van der Waals surface area contributed by atoms with E-state index in [2.05, 4.69) is 10.5 Å². The highest BCUT2D eigenvalue weighted by Gasteiger charge is 2.25. The van der Waals surface area contributed by atoms with Crippen molar-refractivity contribution in [3.63, 3.8) is 0 Å². The Labute approximate surface area is 159 Å². The molecule has 0 bridgehead atoms. The van der Waals surface area contributed by atoms with Crippen molar-refractivity contribution in [1.29, 1.82) is 0 Å². The number of hydrogen-bond acceptors (Lipinski definition) is 5. The summed E-state index contributed by atoms with van der Waals surface area (Å²) in [7, 11) is -3.55. The number of fused-ring (bicyclic) bond motifs is 1. The normalized spacial score (nSPS) is 13.7. The number of benzene rings is 1. The second-order valence-electron chi connectivity index (χ2n) is 6.67. The lowest BCUT2D eigenvalue weighted by Crippen LogP contribution is -2.32. The summed E-state index contributed by atoms with van der Waals surface area (Å²) in [4.78, 5) is 12.6. The zero-order valence-electron chi connectivity index (χ0n) is 15.7. The minimum Gasteiger partial charge on any atom is -0.338 e. The summed E-state index contributed by atoms with van der Waals surface area (Å²) in [5.74, 6) is 0.0463. The molecular formula is C19H25N3O4S. The third-order valence-electron chi connectivity index (χ3n) is 4.64. The van der Waals surface area contributed by atoms with Crippen molar-refractivity contribution in [3.8, 4) is 0 Å². The van der Waals surface area contributed by atoms with Gasteiger partial charge in [0.25, 0.3) is 5.91 Å². The zero-order chi connectivity index (χ0) is 19.4. The van der Waals surface area contributed by atoms with Crippen LogP contribution in [-0.4, -0.2) is 36.9 Å². The Morgan fingerprint density at radius 2 is 1.81 bits per heavy atom. The van der Waals surface area contributed by atoms with Crippen molar-refractivity contribution in [2.75, 3.05) is 18.4 Å². The second kappa shape index (κ2) is 8.22. The molecule has 1 aromatic carbocycles. The molecule has 1 aliphatic rings. The molecule has 7 nitrogen and oxygen atoms in total. The highest BCUT2D eigenvalue weighted by molar-refractivity contribution is 7.89. The van der Waals surface area contributed by atoms with E-state index in [1.165, 1.54) is 28.6 Å². The van der Waals surface area contributed by atoms with Gasteiger partial charge in [0.05, 0.1) is 10.6 Å². The van der Waals surface area contributed by atoms with Crippen LogP contribution in [0.15, 0.2) is 33.7 Å². The maximum Gasteiger partial charge on any atom is 0.258 e. The first kappa shape index (κ1) is 19.6. The van der Waals surface area contributed by atoms with E-state index in [4.69, 9.17) is 4.52 Å². The van der Waals surface area contributed by atoms with E-state index >= 15 is 0 Å². The van der Waals surface area contributed by atoms with Crippen LogP contribution < -0.4 is 5.32 Å². The van der Waals surface area contributed by atoms with Crippen LogP contribution in [0.1, 0.15) is 54.7 Å². The molecule has 1 aromatic heterocycles. The van der Waals surface area contributed by atoms with E-state index < -0.39 is 10.0 Å². The lowest BCUT2D eigenvalue weighted by atomic mass is 10.2. The number of carbonyl (C=O) groups excluding carboxylic acids is 1. The highest BCUT2D eigenvalue weighted by atomic mass is 32.2. The van der Waals surface area contributed by atoms with Crippen LogP contribution in [0.5, 0.6) is 0 Å². The molecule has 0 spiro atoms. The minimum absolute atomic E-state index is 0.196. The first-order valence-electron chi connectivity index (χ1n) is 9.36. The second-order valence-corrected chi connectivity index (χ2v) is 8.61. The molecule has 146 valence electrons. The Morgan fingerprint density at radius 1 is 1.15 bits per heavy atom. The fraction of sp³-hybridized carbons (Fsp3) is 0.474. The molecule has 0 unspecified atom stereocenters. The predicted octanol–water partition coefficient (Wildman–Crippen LogP) is 3.23. The molecule has 27 heavy (non-hydrogen) atoms. The van der Waals surface area contributed by atoms with Gasteiger partial charge in [-0.05, 0) is 56.4 Å². The van der Waals surface area contributed by atoms with Crippen LogP contribution in [0.25, 0.3) is 0 Å². The number of sulfonamides is 1. The molecule has 0 radical (unpaired) electrons. The summed E-state index contributed by atoms with van der Waals surface area (Å²) in [5.41, 5.74) is 2.23. The van der Waals surface area contributed by atoms with Crippen molar-refractivity contribution < 1.29 is 17.7 Å². The summed E-state index contributed by atoms with van der Waals surface area (Å²) in [6.07, 6.45) is 4.22. The Balaban J connectivity index is 1.75. The summed E-state index contributed by atoms with van der Waals surface area (Å²) in [6.45, 7) is 4.86. The first-order chi connectivity index (χ1) is 13.0. The number of rotatable bonds is 8. The van der Waals surface area contributed by atoms with E-state index in [-0.39, 0.29) is 10.8 Å². The zero-order valence-corrected chi connectivity index (χ0v) is 16.5. The smallest absolute Gasteiger partial charge is 0.258 e. The van der Waals surface area contributed by atoms with E-state index in [0.717, 1.165) is 43.4 Å². The van der Waals surface area contributed by atoms with Gasteiger partial charge in [0.1, 0.15) is 0 Å². The molecule has 1 amide bonds. The van der Waals surface area contributed by atoms with Crippen LogP contribution in [-0.2, 0) is 22.9 Å². The number of carbonyl (C=O) groups is 1. The van der Waals surface area contributed by atoms with E-state index in [1.807, 2.05) is 13.8 Å². The molecule has 0 fully saturated rings. The van der Waals surface area contributed by atoms with Crippen LogP contribution in [0.3, 0.4) is 0 Å². The number of hydrogen-bond donors (Lipinski definition) is 1. The molecule has 1 N–H and O–H groups in total. The van der Waals surface area contributed by atoms with Gasteiger partial charge in [0, 0.05) is 24.2 Å². The third kappa shape index (κ3) is 4.06. The van der Waals surface area contributed by atoms with Gasteiger partial charge in [0.2, 0.25) is 15.9 Å². The monoisotopic (exact) mass is 391 g/mol. The SMILES string of the molecule is CCCN(CCC)S(=O)(=O)c1ccc(C(=O)Nc2onc3c2CCC3)cc1. The fourth-order valence-corrected chi connectivity index (χ4v) is 4.90. The molecule has 8 heteroatoms. The molecule has 1 heterocycles. The first-order valence-corrected chi connectivity index (χ1v) is 10.8. The maximum atomic E-state index is 12.8. The van der Waals surface area contributed by atoms with Gasteiger partial charge >= 0.3 is 0 Å². The number of nitrogens with one attached hydrogen (secondary N) is 1. The minimum atomic E-state index is -3.55. The number of anilines is 1. The Hall–Kier alpha value is -2.19. The molecule has 2 aromatic rings. The molecule has 0 aliphatic heterocycles. The van der Waals surface area contributed by atoms with Crippen molar-refractivity contribution >= 4 is 21.8 Å². The van der Waals surface area contributed by atoms with E-state index in [1.54, 1.807) is 0 Å². The summed E-state index contributed by atoms with van der Waals surface area (Å²) >= 11 is 0. The summed E-state index contributed by atoms with van der Waals surface area (Å²) < 4.78 is 32.3. The Bertz CT molecular complexity index is 898. The van der Waals surface area contributed by atoms with Crippen LogP contribution in [0.2, 0.25) is 0 Å². The lowest BCUT2D eigenvalue weighted by Gasteiger charge is -2.21. The van der Waals surface area contributed by atoms with Gasteiger partial charge in [-0.25, -0.2) is 8.42 Å².